The van der Waals surface area contributed by atoms with Crippen molar-refractivity contribution in [1.82, 2.24) is 9.80 Å². The van der Waals surface area contributed by atoms with Gasteiger partial charge in [0.25, 0.3) is 0 Å². The fraction of sp³-hybridized carbons (Fsp3) is 0.440. The highest BCUT2D eigenvalue weighted by Gasteiger charge is 2.50. The molecule has 8 heteroatoms. The van der Waals surface area contributed by atoms with Crippen molar-refractivity contribution in [2.45, 2.75) is 31.2 Å². The van der Waals surface area contributed by atoms with Crippen molar-refractivity contribution < 1.29 is 23.5 Å². The third kappa shape index (κ3) is 4.99. The molecule has 2 amide bonds. The van der Waals surface area contributed by atoms with Gasteiger partial charge in [-0.15, -0.1) is 0 Å². The number of likely N-dealkylation sites (N-methyl/N-ethyl adjacent to an activating group) is 1. The summed E-state index contributed by atoms with van der Waals surface area (Å²) >= 11 is 6.11. The molecule has 2 heterocycles. The smallest absolute Gasteiger partial charge is 0.410 e. The van der Waals surface area contributed by atoms with Gasteiger partial charge in [-0.2, -0.15) is 0 Å². The van der Waals surface area contributed by atoms with Gasteiger partial charge in [0, 0.05) is 49.7 Å². The Labute approximate surface area is 198 Å². The number of nitrogens with zero attached hydrogens (tertiary/aromatic N) is 2. The third-order valence-corrected chi connectivity index (χ3v) is 7.06. The van der Waals surface area contributed by atoms with E-state index in [1.54, 1.807) is 7.05 Å². The van der Waals surface area contributed by atoms with Crippen molar-refractivity contribution in [2.75, 3.05) is 33.4 Å². The molecule has 0 spiro atoms. The number of carbonyl (C=O) groups is 2. The molecular formula is C25H28ClFN2O4. The van der Waals surface area contributed by atoms with Gasteiger partial charge in [-0.25, -0.2) is 9.18 Å². The van der Waals surface area contributed by atoms with Gasteiger partial charge in [0.15, 0.2) is 0 Å². The Balaban J connectivity index is 1.58. The molecule has 176 valence electrons. The molecule has 33 heavy (non-hydrogen) atoms. The molecule has 2 aromatic rings. The van der Waals surface area contributed by atoms with E-state index in [4.69, 9.17) is 21.1 Å². The van der Waals surface area contributed by atoms with Gasteiger partial charge in [-0.1, -0.05) is 30.7 Å². The van der Waals surface area contributed by atoms with Crippen LogP contribution in [0.5, 0.6) is 5.75 Å². The van der Waals surface area contributed by atoms with E-state index in [1.165, 1.54) is 29.2 Å². The predicted octanol–water partition coefficient (Wildman–Crippen LogP) is 4.51. The van der Waals surface area contributed by atoms with E-state index in [2.05, 4.69) is 6.92 Å². The minimum absolute atomic E-state index is 0.0663. The lowest BCUT2D eigenvalue weighted by molar-refractivity contribution is -0.137. The van der Waals surface area contributed by atoms with Gasteiger partial charge in [0.1, 0.15) is 11.6 Å². The summed E-state index contributed by atoms with van der Waals surface area (Å²) in [7, 11) is 1.67. The van der Waals surface area contributed by atoms with Gasteiger partial charge < -0.3 is 19.3 Å². The van der Waals surface area contributed by atoms with Crippen molar-refractivity contribution >= 4 is 23.6 Å². The minimum Gasteiger partial charge on any atom is -0.410 e. The normalized spacial score (nSPS) is 23.4. The van der Waals surface area contributed by atoms with Gasteiger partial charge in [-0.05, 0) is 54.8 Å². The average Bonchev–Trinajstić information content (AvgIpc) is 3.19. The standard InChI is InChI=1S/C25H28ClFN2O4/c1-25(18-3-5-19(26)6-4-18)16-29(23(30)17-11-13-32-14-12-17)15-22(25)28(2)24(31)33-21-9-7-20(27)8-10-21/h3-10,17,22H,11-16H2,1-2H3/t22-,25+/m1/s1. The molecule has 0 bridgehead atoms. The lowest BCUT2D eigenvalue weighted by Crippen LogP contribution is -2.50. The van der Waals surface area contributed by atoms with E-state index in [0.29, 0.717) is 44.2 Å². The zero-order chi connectivity index (χ0) is 23.6. The first-order valence-corrected chi connectivity index (χ1v) is 11.5. The molecule has 6 nitrogen and oxygen atoms in total. The number of ether oxygens (including phenoxy) is 2. The van der Waals surface area contributed by atoms with Crippen LogP contribution in [0.15, 0.2) is 48.5 Å². The minimum atomic E-state index is -0.563. The lowest BCUT2D eigenvalue weighted by Gasteiger charge is -2.36. The number of hydrogen-bond acceptors (Lipinski definition) is 4. The van der Waals surface area contributed by atoms with Crippen LogP contribution in [0.2, 0.25) is 5.02 Å². The van der Waals surface area contributed by atoms with Crippen LogP contribution in [0.1, 0.15) is 25.3 Å². The molecule has 0 radical (unpaired) electrons. The molecule has 0 aliphatic carbocycles. The average molecular weight is 475 g/mol. The fourth-order valence-corrected chi connectivity index (χ4v) is 4.94. The van der Waals surface area contributed by atoms with Crippen molar-refractivity contribution in [2.24, 2.45) is 5.92 Å². The Morgan fingerprint density at radius 1 is 1.12 bits per heavy atom. The van der Waals surface area contributed by atoms with Crippen LogP contribution in [0.25, 0.3) is 0 Å². The SMILES string of the molecule is CN(C(=O)Oc1ccc(F)cc1)[C@@H]1CN(C(=O)C2CCOCC2)C[C@@]1(C)c1ccc(Cl)cc1. The number of likely N-dealkylation sites (tertiary alicyclic amines) is 1. The van der Waals surface area contributed by atoms with Crippen LogP contribution in [0.4, 0.5) is 9.18 Å². The van der Waals surface area contributed by atoms with Crippen LogP contribution >= 0.6 is 11.6 Å². The van der Waals surface area contributed by atoms with E-state index >= 15 is 0 Å². The Bertz CT molecular complexity index is 994. The second-order valence-corrected chi connectivity index (χ2v) is 9.41. The number of hydrogen-bond donors (Lipinski definition) is 0. The molecule has 0 aromatic heterocycles. The first-order valence-electron chi connectivity index (χ1n) is 11.1. The molecule has 2 fully saturated rings. The lowest BCUT2D eigenvalue weighted by atomic mass is 9.77. The third-order valence-electron chi connectivity index (χ3n) is 6.81. The maximum atomic E-state index is 13.3. The molecular weight excluding hydrogens is 447 g/mol. The van der Waals surface area contributed by atoms with Crippen molar-refractivity contribution in [1.29, 1.82) is 0 Å². The summed E-state index contributed by atoms with van der Waals surface area (Å²) in [6.45, 7) is 4.10. The van der Waals surface area contributed by atoms with Crippen LogP contribution in [0.3, 0.4) is 0 Å². The molecule has 2 saturated heterocycles. The summed E-state index contributed by atoms with van der Waals surface area (Å²) in [5.41, 5.74) is 0.461. The summed E-state index contributed by atoms with van der Waals surface area (Å²) in [4.78, 5) is 29.7. The summed E-state index contributed by atoms with van der Waals surface area (Å²) in [6.07, 6.45) is 0.854. The summed E-state index contributed by atoms with van der Waals surface area (Å²) in [6, 6.07) is 12.5. The molecule has 2 aliphatic heterocycles. The van der Waals surface area contributed by atoms with Crippen LogP contribution < -0.4 is 4.74 Å². The molecule has 0 N–H and O–H groups in total. The Kier molecular flexibility index (Phi) is 6.91. The zero-order valence-corrected chi connectivity index (χ0v) is 19.6. The van der Waals surface area contributed by atoms with Gasteiger partial charge >= 0.3 is 6.09 Å². The molecule has 4 rings (SSSR count). The number of rotatable bonds is 4. The number of amides is 2. The van der Waals surface area contributed by atoms with Crippen LogP contribution in [-0.2, 0) is 14.9 Å². The van der Waals surface area contributed by atoms with Gasteiger partial charge in [0.2, 0.25) is 5.91 Å². The first-order chi connectivity index (χ1) is 15.8. The summed E-state index contributed by atoms with van der Waals surface area (Å²) in [5, 5.41) is 0.621. The summed E-state index contributed by atoms with van der Waals surface area (Å²) in [5.74, 6) is -0.115. The Hall–Kier alpha value is -2.64. The maximum Gasteiger partial charge on any atom is 0.415 e. The Morgan fingerprint density at radius 3 is 2.39 bits per heavy atom. The first kappa shape index (κ1) is 23.5. The molecule has 2 atom stereocenters. The van der Waals surface area contributed by atoms with Crippen molar-refractivity contribution in [3.63, 3.8) is 0 Å². The van der Waals surface area contributed by atoms with Crippen molar-refractivity contribution in [3.05, 3.63) is 64.9 Å². The second-order valence-electron chi connectivity index (χ2n) is 8.98. The fourth-order valence-electron chi connectivity index (χ4n) is 4.81. The van der Waals surface area contributed by atoms with Crippen LogP contribution in [0, 0.1) is 11.7 Å². The highest BCUT2D eigenvalue weighted by Crippen LogP contribution is 2.39. The van der Waals surface area contributed by atoms with Crippen molar-refractivity contribution in [3.8, 4) is 5.75 Å². The van der Waals surface area contributed by atoms with E-state index in [-0.39, 0.29) is 23.6 Å². The van der Waals surface area contributed by atoms with E-state index in [9.17, 15) is 14.0 Å². The molecule has 0 unspecified atom stereocenters. The zero-order valence-electron chi connectivity index (χ0n) is 18.8. The quantitative estimate of drug-likeness (QED) is 0.654. The van der Waals surface area contributed by atoms with Gasteiger partial charge in [-0.3, -0.25) is 4.79 Å². The van der Waals surface area contributed by atoms with Crippen LogP contribution in [-0.4, -0.2) is 61.2 Å². The summed E-state index contributed by atoms with van der Waals surface area (Å²) < 4.78 is 24.1. The monoisotopic (exact) mass is 474 g/mol. The molecule has 2 aromatic carbocycles. The van der Waals surface area contributed by atoms with E-state index in [1.807, 2.05) is 29.2 Å². The second kappa shape index (κ2) is 9.69. The topological polar surface area (TPSA) is 59.1 Å². The van der Waals surface area contributed by atoms with Gasteiger partial charge in [0.05, 0.1) is 6.04 Å². The predicted molar refractivity (Wildman–Crippen MR) is 123 cm³/mol. The maximum absolute atomic E-state index is 13.3. The number of carbonyl (C=O) groups excluding carboxylic acids is 2. The van der Waals surface area contributed by atoms with E-state index < -0.39 is 17.3 Å². The molecule has 0 saturated carbocycles. The van der Waals surface area contributed by atoms with E-state index in [0.717, 1.165) is 5.56 Å². The highest BCUT2D eigenvalue weighted by molar-refractivity contribution is 6.30. The largest absolute Gasteiger partial charge is 0.415 e. The number of benzene rings is 2. The molecule has 2 aliphatic rings. The Morgan fingerprint density at radius 2 is 1.76 bits per heavy atom. The highest BCUT2D eigenvalue weighted by atomic mass is 35.5. The number of halogens is 2.